The third-order valence-corrected chi connectivity index (χ3v) is 6.20. The summed E-state index contributed by atoms with van der Waals surface area (Å²) >= 11 is 0. The molecule has 0 spiro atoms. The lowest BCUT2D eigenvalue weighted by atomic mass is 9.90. The van der Waals surface area contributed by atoms with Gasteiger partial charge in [0.05, 0.1) is 25.1 Å². The second kappa shape index (κ2) is 8.61. The highest BCUT2D eigenvalue weighted by Gasteiger charge is 2.27. The highest BCUT2D eigenvalue weighted by Crippen LogP contribution is 2.27. The number of aryl methyl sites for hydroxylation is 1. The van der Waals surface area contributed by atoms with Gasteiger partial charge in [0.2, 0.25) is 5.95 Å². The van der Waals surface area contributed by atoms with Crippen molar-refractivity contribution in [1.82, 2.24) is 29.3 Å². The first-order valence-corrected chi connectivity index (χ1v) is 11.0. The summed E-state index contributed by atoms with van der Waals surface area (Å²) in [6.45, 7) is 6.79. The smallest absolute Gasteiger partial charge is 0.247 e. The Morgan fingerprint density at radius 2 is 2.00 bits per heavy atom. The third-order valence-electron chi connectivity index (χ3n) is 6.20. The minimum Gasteiger partial charge on any atom is -0.379 e. The Bertz CT molecular complexity index is 968. The molecule has 3 aromatic rings. The van der Waals surface area contributed by atoms with E-state index in [1.54, 1.807) is 6.20 Å². The van der Waals surface area contributed by atoms with Crippen LogP contribution >= 0.6 is 0 Å². The van der Waals surface area contributed by atoms with E-state index in [0.717, 1.165) is 62.7 Å². The highest BCUT2D eigenvalue weighted by molar-refractivity contribution is 5.69. The number of ether oxygens (including phenoxy) is 1. The van der Waals surface area contributed by atoms with Crippen LogP contribution in [-0.4, -0.2) is 67.7 Å². The summed E-state index contributed by atoms with van der Waals surface area (Å²) in [5.74, 6) is 1.45. The molecule has 4 heterocycles. The Balaban J connectivity index is 1.27. The van der Waals surface area contributed by atoms with Gasteiger partial charge in [-0.05, 0) is 44.7 Å². The van der Waals surface area contributed by atoms with Crippen LogP contribution in [0.3, 0.4) is 0 Å². The molecule has 0 aromatic carbocycles. The molecular weight excluding hydrogens is 380 g/mol. The topological polar surface area (TPSA) is 84.5 Å². The number of nitrogens with one attached hydrogen (secondary N) is 2. The molecule has 2 N–H and O–H groups in total. The molecule has 2 aliphatic rings. The number of morpholine rings is 1. The van der Waals surface area contributed by atoms with Crippen molar-refractivity contribution in [2.24, 2.45) is 0 Å². The number of aromatic nitrogens is 5. The third kappa shape index (κ3) is 4.13. The van der Waals surface area contributed by atoms with Gasteiger partial charge in [0.15, 0.2) is 5.82 Å². The largest absolute Gasteiger partial charge is 0.379 e. The molecule has 1 aliphatic carbocycles. The second-order valence-electron chi connectivity index (χ2n) is 8.13. The molecule has 30 heavy (non-hydrogen) atoms. The maximum atomic E-state index is 5.50. The Morgan fingerprint density at radius 3 is 2.77 bits per heavy atom. The molecule has 0 radical (unpaired) electrons. The number of rotatable bonds is 6. The van der Waals surface area contributed by atoms with E-state index in [-0.39, 0.29) is 0 Å². The lowest BCUT2D eigenvalue weighted by molar-refractivity contribution is 0.00791. The van der Waals surface area contributed by atoms with Gasteiger partial charge >= 0.3 is 0 Å². The number of anilines is 3. The van der Waals surface area contributed by atoms with Gasteiger partial charge in [-0.15, -0.1) is 5.10 Å². The predicted molar refractivity (Wildman–Crippen MR) is 116 cm³/mol. The Hall–Kier alpha value is -2.65. The summed E-state index contributed by atoms with van der Waals surface area (Å²) in [7, 11) is 0. The molecule has 1 aliphatic heterocycles. The Morgan fingerprint density at radius 1 is 1.17 bits per heavy atom. The zero-order valence-electron chi connectivity index (χ0n) is 17.5. The van der Waals surface area contributed by atoms with Crippen LogP contribution in [0.4, 0.5) is 17.5 Å². The average Bonchev–Trinajstić information content (AvgIpc) is 3.44. The van der Waals surface area contributed by atoms with Crippen molar-refractivity contribution >= 4 is 23.0 Å². The van der Waals surface area contributed by atoms with Gasteiger partial charge in [0.1, 0.15) is 5.52 Å². The summed E-state index contributed by atoms with van der Waals surface area (Å²) < 4.78 is 9.26. The first kappa shape index (κ1) is 19.3. The molecule has 0 amide bonds. The van der Waals surface area contributed by atoms with Crippen LogP contribution in [0.2, 0.25) is 0 Å². The van der Waals surface area contributed by atoms with E-state index >= 15 is 0 Å². The van der Waals surface area contributed by atoms with Gasteiger partial charge in [-0.3, -0.25) is 9.58 Å². The number of hydrogen-bond acceptors (Lipinski definition) is 7. The van der Waals surface area contributed by atoms with E-state index in [1.807, 2.05) is 27.7 Å². The lowest BCUT2D eigenvalue weighted by Gasteiger charge is -2.39. The summed E-state index contributed by atoms with van der Waals surface area (Å²) in [6.07, 6.45) is 10.5. The fourth-order valence-corrected chi connectivity index (χ4v) is 4.55. The fourth-order valence-electron chi connectivity index (χ4n) is 4.55. The zero-order chi connectivity index (χ0) is 20.3. The molecule has 3 aromatic heterocycles. The Labute approximate surface area is 176 Å². The molecule has 9 heteroatoms. The van der Waals surface area contributed by atoms with Crippen LogP contribution in [0.25, 0.3) is 5.52 Å². The first-order chi connectivity index (χ1) is 14.8. The molecule has 0 bridgehead atoms. The molecular formula is C21H30N8O. The number of hydrogen-bond donors (Lipinski definition) is 2. The van der Waals surface area contributed by atoms with Crippen molar-refractivity contribution in [3.63, 3.8) is 0 Å². The van der Waals surface area contributed by atoms with Crippen LogP contribution < -0.4 is 10.6 Å². The van der Waals surface area contributed by atoms with E-state index in [0.29, 0.717) is 18.0 Å². The number of fused-ring (bicyclic) bond motifs is 1. The summed E-state index contributed by atoms with van der Waals surface area (Å²) in [5, 5.41) is 15.9. The number of nitrogens with zero attached hydrogens (tertiary/aromatic N) is 6. The highest BCUT2D eigenvalue weighted by atomic mass is 16.5. The van der Waals surface area contributed by atoms with Gasteiger partial charge in [-0.1, -0.05) is 0 Å². The second-order valence-corrected chi connectivity index (χ2v) is 8.13. The van der Waals surface area contributed by atoms with Gasteiger partial charge in [-0.25, -0.2) is 4.52 Å². The molecule has 2 fully saturated rings. The molecule has 1 saturated carbocycles. The van der Waals surface area contributed by atoms with Crippen molar-refractivity contribution in [2.45, 2.75) is 51.2 Å². The van der Waals surface area contributed by atoms with Crippen LogP contribution in [0.5, 0.6) is 0 Å². The van der Waals surface area contributed by atoms with E-state index < -0.39 is 0 Å². The SMILES string of the molecule is CCn1cc(Nc2nc(N[C@H]3CC[C@H](N4CCOCC4)CC3)c3cccn3n2)cn1. The summed E-state index contributed by atoms with van der Waals surface area (Å²) in [6, 6.07) is 5.19. The maximum absolute atomic E-state index is 5.50. The molecule has 0 unspecified atom stereocenters. The molecule has 0 atom stereocenters. The zero-order valence-corrected chi connectivity index (χ0v) is 17.5. The van der Waals surface area contributed by atoms with Crippen molar-refractivity contribution < 1.29 is 4.74 Å². The van der Waals surface area contributed by atoms with Gasteiger partial charge < -0.3 is 15.4 Å². The van der Waals surface area contributed by atoms with Crippen LogP contribution in [0.1, 0.15) is 32.6 Å². The maximum Gasteiger partial charge on any atom is 0.247 e. The van der Waals surface area contributed by atoms with E-state index in [1.165, 1.54) is 12.8 Å². The minimum absolute atomic E-state index is 0.437. The molecule has 160 valence electrons. The standard InChI is InChI=1S/C21H30N8O/c1-2-28-15-17(14-22-28)24-21-25-20(19-4-3-9-29(19)26-21)23-16-5-7-18(8-6-16)27-10-12-30-13-11-27/h3-4,9,14-16,18H,2,5-8,10-13H2,1H3,(H2,23,24,25,26)/t16-,18-. The van der Waals surface area contributed by atoms with Crippen LogP contribution in [-0.2, 0) is 11.3 Å². The normalized spacial score (nSPS) is 23.0. The van der Waals surface area contributed by atoms with Crippen molar-refractivity contribution in [3.05, 3.63) is 30.7 Å². The van der Waals surface area contributed by atoms with Gasteiger partial charge in [0, 0.05) is 44.1 Å². The van der Waals surface area contributed by atoms with Crippen molar-refractivity contribution in [3.8, 4) is 0 Å². The monoisotopic (exact) mass is 410 g/mol. The lowest BCUT2D eigenvalue weighted by Crippen LogP contribution is -2.46. The quantitative estimate of drug-likeness (QED) is 0.646. The van der Waals surface area contributed by atoms with Crippen molar-refractivity contribution in [1.29, 1.82) is 0 Å². The van der Waals surface area contributed by atoms with E-state index in [9.17, 15) is 0 Å². The van der Waals surface area contributed by atoms with Crippen LogP contribution in [0, 0.1) is 0 Å². The minimum atomic E-state index is 0.437. The summed E-state index contributed by atoms with van der Waals surface area (Å²) in [4.78, 5) is 7.39. The molecule has 1 saturated heterocycles. The first-order valence-electron chi connectivity index (χ1n) is 11.0. The van der Waals surface area contributed by atoms with Crippen LogP contribution in [0.15, 0.2) is 30.7 Å². The van der Waals surface area contributed by atoms with E-state index in [2.05, 4.69) is 38.7 Å². The molecule has 5 rings (SSSR count). The average molecular weight is 411 g/mol. The van der Waals surface area contributed by atoms with Gasteiger partial charge in [-0.2, -0.15) is 10.1 Å². The molecule has 9 nitrogen and oxygen atoms in total. The van der Waals surface area contributed by atoms with Gasteiger partial charge in [0.25, 0.3) is 0 Å². The van der Waals surface area contributed by atoms with E-state index in [4.69, 9.17) is 9.72 Å². The van der Waals surface area contributed by atoms with Crippen molar-refractivity contribution in [2.75, 3.05) is 36.9 Å². The Kier molecular flexibility index (Phi) is 5.54. The summed E-state index contributed by atoms with van der Waals surface area (Å²) in [5.41, 5.74) is 1.89. The fraction of sp³-hybridized carbons (Fsp3) is 0.571. The predicted octanol–water partition coefficient (Wildman–Crippen LogP) is 2.74.